The first kappa shape index (κ1) is 12.0. The summed E-state index contributed by atoms with van der Waals surface area (Å²) in [5.74, 6) is -0.496. The average Bonchev–Trinajstić information content (AvgIpc) is 2.75. The fourth-order valence-corrected chi connectivity index (χ4v) is 0.998. The minimum absolute atomic E-state index is 0.216. The van der Waals surface area contributed by atoms with Crippen LogP contribution in [0.15, 0.2) is 6.07 Å². The minimum atomic E-state index is -0.706. The number of carbonyl (C=O) groups excluding carboxylic acids is 2. The molecule has 1 aromatic heterocycles. The van der Waals surface area contributed by atoms with Gasteiger partial charge in [-0.3, -0.25) is 15.3 Å². The number of H-pyrrole nitrogens is 1. The van der Waals surface area contributed by atoms with Crippen molar-refractivity contribution < 1.29 is 14.3 Å². The van der Waals surface area contributed by atoms with Crippen LogP contribution in [-0.4, -0.2) is 28.8 Å². The Morgan fingerprint density at radius 1 is 1.44 bits per heavy atom. The van der Waals surface area contributed by atoms with E-state index in [9.17, 15) is 9.59 Å². The number of hydrazine groups is 1. The summed E-state index contributed by atoms with van der Waals surface area (Å²) in [5, 5.41) is 6.48. The lowest BCUT2D eigenvalue weighted by Crippen LogP contribution is -2.42. The molecule has 0 fully saturated rings. The Bertz CT molecular complexity index is 375. The van der Waals surface area contributed by atoms with Crippen molar-refractivity contribution in [3.63, 3.8) is 0 Å². The first-order chi connectivity index (χ1) is 7.67. The van der Waals surface area contributed by atoms with Crippen molar-refractivity contribution in [1.82, 2.24) is 21.0 Å². The number of rotatable bonds is 3. The van der Waals surface area contributed by atoms with Crippen LogP contribution in [0.5, 0.6) is 0 Å². The van der Waals surface area contributed by atoms with Gasteiger partial charge in [0.2, 0.25) is 0 Å². The van der Waals surface area contributed by atoms with Crippen LogP contribution in [0.2, 0.25) is 0 Å². The zero-order chi connectivity index (χ0) is 12.0. The highest BCUT2D eigenvalue weighted by Crippen LogP contribution is 1.99. The molecule has 0 saturated heterocycles. The lowest BCUT2D eigenvalue weighted by Gasteiger charge is -2.04. The largest absolute Gasteiger partial charge is 0.449 e. The number of aromatic amines is 1. The molecule has 0 saturated carbocycles. The molecule has 0 aliphatic carbocycles. The monoisotopic (exact) mass is 226 g/mol. The molecule has 0 aromatic carbocycles. The molecular weight excluding hydrogens is 212 g/mol. The Labute approximate surface area is 92.5 Å². The third-order valence-corrected chi connectivity index (χ3v) is 1.80. The maximum absolute atomic E-state index is 11.4. The summed E-state index contributed by atoms with van der Waals surface area (Å²) in [6.45, 7) is 3.85. The number of carbonyl (C=O) groups is 2. The molecule has 1 rings (SSSR count). The average molecular weight is 226 g/mol. The van der Waals surface area contributed by atoms with Crippen molar-refractivity contribution in [2.24, 2.45) is 0 Å². The Hall–Kier alpha value is -2.05. The second-order valence-corrected chi connectivity index (χ2v) is 2.93. The van der Waals surface area contributed by atoms with Crippen molar-refractivity contribution >= 4 is 12.0 Å². The highest BCUT2D eigenvalue weighted by molar-refractivity contribution is 5.93. The number of ether oxygens (including phenoxy) is 1. The third kappa shape index (κ3) is 3.26. The highest BCUT2D eigenvalue weighted by Gasteiger charge is 2.10. The van der Waals surface area contributed by atoms with Gasteiger partial charge in [-0.1, -0.05) is 6.92 Å². The van der Waals surface area contributed by atoms with Gasteiger partial charge < -0.3 is 4.74 Å². The fraction of sp³-hybridized carbons (Fsp3) is 0.444. The summed E-state index contributed by atoms with van der Waals surface area (Å²) >= 11 is 0. The number of amides is 2. The van der Waals surface area contributed by atoms with Gasteiger partial charge in [0.15, 0.2) is 5.69 Å². The van der Waals surface area contributed by atoms with E-state index in [2.05, 4.69) is 25.8 Å². The molecule has 0 aliphatic heterocycles. The molecule has 0 radical (unpaired) electrons. The summed E-state index contributed by atoms with van der Waals surface area (Å²) in [5.41, 5.74) is 5.33. The molecule has 1 aromatic rings. The minimum Gasteiger partial charge on any atom is -0.449 e. The van der Waals surface area contributed by atoms with E-state index in [1.165, 1.54) is 0 Å². The molecule has 0 atom stereocenters. The predicted molar refractivity (Wildman–Crippen MR) is 55.6 cm³/mol. The molecule has 0 spiro atoms. The van der Waals surface area contributed by atoms with Crippen LogP contribution in [0.3, 0.4) is 0 Å². The standard InChI is InChI=1S/C9H14N4O3/c1-3-6-5-7(11-10-6)8(14)12-13-9(15)16-4-2/h5H,3-4H2,1-2H3,(H,10,11)(H,12,14)(H,13,15). The van der Waals surface area contributed by atoms with Crippen LogP contribution in [0.4, 0.5) is 4.79 Å². The van der Waals surface area contributed by atoms with E-state index in [4.69, 9.17) is 0 Å². The molecule has 16 heavy (non-hydrogen) atoms. The second kappa shape index (κ2) is 5.74. The summed E-state index contributed by atoms with van der Waals surface area (Å²) in [4.78, 5) is 22.3. The molecule has 2 amide bonds. The van der Waals surface area contributed by atoms with Gasteiger partial charge in [0.05, 0.1) is 6.61 Å². The summed E-state index contributed by atoms with van der Waals surface area (Å²) in [6.07, 6.45) is 0.0492. The number of aryl methyl sites for hydroxylation is 1. The maximum atomic E-state index is 11.4. The molecule has 0 aliphatic rings. The van der Waals surface area contributed by atoms with Crippen molar-refractivity contribution in [2.75, 3.05) is 6.61 Å². The molecule has 88 valence electrons. The van der Waals surface area contributed by atoms with Gasteiger partial charge in [-0.2, -0.15) is 5.10 Å². The molecular formula is C9H14N4O3. The van der Waals surface area contributed by atoms with Crippen LogP contribution in [-0.2, 0) is 11.2 Å². The van der Waals surface area contributed by atoms with Gasteiger partial charge >= 0.3 is 6.09 Å². The number of nitrogens with one attached hydrogen (secondary N) is 3. The zero-order valence-corrected chi connectivity index (χ0v) is 9.16. The number of hydrogen-bond acceptors (Lipinski definition) is 4. The van der Waals surface area contributed by atoms with Crippen LogP contribution >= 0.6 is 0 Å². The van der Waals surface area contributed by atoms with Gasteiger partial charge in [-0.25, -0.2) is 10.2 Å². The van der Waals surface area contributed by atoms with E-state index in [1.807, 2.05) is 6.92 Å². The Balaban J connectivity index is 2.43. The highest BCUT2D eigenvalue weighted by atomic mass is 16.5. The van der Waals surface area contributed by atoms with Gasteiger partial charge in [0.25, 0.3) is 5.91 Å². The smallest absolute Gasteiger partial charge is 0.426 e. The van der Waals surface area contributed by atoms with Gasteiger partial charge in [-0.05, 0) is 19.4 Å². The SMILES string of the molecule is CCOC(=O)NNC(=O)c1cc(CC)[nH]n1. The van der Waals surface area contributed by atoms with Crippen LogP contribution < -0.4 is 10.9 Å². The second-order valence-electron chi connectivity index (χ2n) is 2.93. The topological polar surface area (TPSA) is 96.1 Å². The fourth-order valence-electron chi connectivity index (χ4n) is 0.998. The van der Waals surface area contributed by atoms with Crippen LogP contribution in [0, 0.1) is 0 Å². The molecule has 7 heteroatoms. The first-order valence-corrected chi connectivity index (χ1v) is 4.94. The predicted octanol–water partition coefficient (Wildman–Crippen LogP) is 0.363. The zero-order valence-electron chi connectivity index (χ0n) is 9.16. The molecule has 7 nitrogen and oxygen atoms in total. The summed E-state index contributed by atoms with van der Waals surface area (Å²) in [7, 11) is 0. The number of hydrogen-bond donors (Lipinski definition) is 3. The molecule has 3 N–H and O–H groups in total. The quantitative estimate of drug-likeness (QED) is 0.648. The van der Waals surface area contributed by atoms with Crippen molar-refractivity contribution in [3.05, 3.63) is 17.5 Å². The van der Waals surface area contributed by atoms with Crippen molar-refractivity contribution in [2.45, 2.75) is 20.3 Å². The van der Waals surface area contributed by atoms with Gasteiger partial charge in [0, 0.05) is 5.69 Å². The summed E-state index contributed by atoms with van der Waals surface area (Å²) < 4.78 is 4.56. The van der Waals surface area contributed by atoms with E-state index >= 15 is 0 Å². The number of aromatic nitrogens is 2. The van der Waals surface area contributed by atoms with E-state index in [-0.39, 0.29) is 12.3 Å². The van der Waals surface area contributed by atoms with Crippen molar-refractivity contribution in [3.8, 4) is 0 Å². The molecule has 0 unspecified atom stereocenters. The Morgan fingerprint density at radius 3 is 2.75 bits per heavy atom. The Kier molecular flexibility index (Phi) is 4.31. The van der Waals surface area contributed by atoms with Crippen LogP contribution in [0.25, 0.3) is 0 Å². The van der Waals surface area contributed by atoms with E-state index in [0.29, 0.717) is 0 Å². The van der Waals surface area contributed by atoms with Gasteiger partial charge in [-0.15, -0.1) is 0 Å². The number of nitrogens with zero attached hydrogens (tertiary/aromatic N) is 1. The maximum Gasteiger partial charge on any atom is 0.426 e. The third-order valence-electron chi connectivity index (χ3n) is 1.80. The van der Waals surface area contributed by atoms with E-state index < -0.39 is 12.0 Å². The molecule has 0 bridgehead atoms. The van der Waals surface area contributed by atoms with E-state index in [0.717, 1.165) is 12.1 Å². The van der Waals surface area contributed by atoms with Gasteiger partial charge in [0.1, 0.15) is 0 Å². The lowest BCUT2D eigenvalue weighted by molar-refractivity contribution is 0.0908. The van der Waals surface area contributed by atoms with Crippen molar-refractivity contribution in [1.29, 1.82) is 0 Å². The van der Waals surface area contributed by atoms with E-state index in [1.54, 1.807) is 13.0 Å². The Morgan fingerprint density at radius 2 is 2.19 bits per heavy atom. The first-order valence-electron chi connectivity index (χ1n) is 4.94. The normalized spacial score (nSPS) is 9.62. The molecule has 1 heterocycles. The summed E-state index contributed by atoms with van der Waals surface area (Å²) in [6, 6.07) is 1.61. The lowest BCUT2D eigenvalue weighted by atomic mass is 10.3. The van der Waals surface area contributed by atoms with Crippen LogP contribution in [0.1, 0.15) is 30.0 Å².